The summed E-state index contributed by atoms with van der Waals surface area (Å²) in [5, 5.41) is 0.533. The molecule has 0 aliphatic heterocycles. The van der Waals surface area contributed by atoms with Gasteiger partial charge >= 0.3 is 8.03 Å². The molecular weight excluding hydrogens is 203 g/mol. The lowest BCUT2D eigenvalue weighted by Gasteiger charge is -2.02. The number of hydrogen-bond acceptors (Lipinski definition) is 4. The molecular formula is C9H12O4P+. The molecule has 1 aromatic carbocycles. The molecule has 0 fully saturated rings. The second-order valence-electron chi connectivity index (χ2n) is 2.48. The lowest BCUT2D eigenvalue weighted by Crippen LogP contribution is -2.03. The summed E-state index contributed by atoms with van der Waals surface area (Å²) in [7, 11) is 2.61. The van der Waals surface area contributed by atoms with Crippen molar-refractivity contribution in [2.24, 2.45) is 0 Å². The average molecular weight is 215 g/mol. The van der Waals surface area contributed by atoms with Crippen molar-refractivity contribution in [3.05, 3.63) is 18.2 Å². The number of hydrogen-bond donors (Lipinski definition) is 0. The van der Waals surface area contributed by atoms with Gasteiger partial charge < -0.3 is 9.47 Å². The van der Waals surface area contributed by atoms with Crippen LogP contribution in [0.1, 0.15) is 0 Å². The van der Waals surface area contributed by atoms with Gasteiger partial charge in [-0.2, -0.15) is 0 Å². The van der Waals surface area contributed by atoms with Crippen LogP contribution in [0.3, 0.4) is 0 Å². The Morgan fingerprint density at radius 2 is 1.86 bits per heavy atom. The van der Waals surface area contributed by atoms with Crippen LogP contribution in [-0.4, -0.2) is 21.3 Å². The highest BCUT2D eigenvalue weighted by Crippen LogP contribution is 2.28. The van der Waals surface area contributed by atoms with Gasteiger partial charge in [0, 0.05) is 12.1 Å². The molecule has 0 saturated carbocycles. The zero-order valence-electron chi connectivity index (χ0n) is 8.31. The van der Waals surface area contributed by atoms with Gasteiger partial charge in [0.2, 0.25) is 0 Å². The zero-order valence-corrected chi connectivity index (χ0v) is 9.21. The maximum absolute atomic E-state index is 11.4. The molecule has 0 heterocycles. The summed E-state index contributed by atoms with van der Waals surface area (Å²) in [5.74, 6) is 1.16. The Labute approximate surface area is 83.7 Å². The second-order valence-corrected chi connectivity index (χ2v) is 3.84. The number of methoxy groups -OCH3 is 2. The van der Waals surface area contributed by atoms with Crippen molar-refractivity contribution < 1.29 is 18.6 Å². The van der Waals surface area contributed by atoms with E-state index in [9.17, 15) is 4.57 Å². The smallest absolute Gasteiger partial charge is 0.497 e. The van der Waals surface area contributed by atoms with E-state index in [2.05, 4.69) is 0 Å². The van der Waals surface area contributed by atoms with Gasteiger partial charge in [-0.05, 0) is 10.6 Å². The largest absolute Gasteiger partial charge is 0.552 e. The van der Waals surface area contributed by atoms with E-state index in [0.717, 1.165) is 0 Å². The van der Waals surface area contributed by atoms with E-state index in [4.69, 9.17) is 14.0 Å². The summed E-state index contributed by atoms with van der Waals surface area (Å²) in [4.78, 5) is 0. The average Bonchev–Trinajstić information content (AvgIpc) is 2.27. The maximum atomic E-state index is 11.4. The quantitative estimate of drug-likeness (QED) is 0.717. The molecule has 1 rings (SSSR count). The fourth-order valence-corrected chi connectivity index (χ4v) is 1.76. The third kappa shape index (κ3) is 2.22. The molecule has 4 nitrogen and oxygen atoms in total. The van der Waals surface area contributed by atoms with Crippen molar-refractivity contribution in [3.8, 4) is 11.5 Å². The van der Waals surface area contributed by atoms with E-state index in [1.807, 2.05) is 0 Å². The summed E-state index contributed by atoms with van der Waals surface area (Å²) in [6.45, 7) is 0. The molecule has 76 valence electrons. The van der Waals surface area contributed by atoms with Crippen molar-refractivity contribution in [2.75, 3.05) is 21.3 Å². The van der Waals surface area contributed by atoms with Gasteiger partial charge in [0.1, 0.15) is 5.75 Å². The van der Waals surface area contributed by atoms with Crippen LogP contribution in [0.15, 0.2) is 18.2 Å². The van der Waals surface area contributed by atoms with Crippen molar-refractivity contribution in [1.29, 1.82) is 0 Å². The lowest BCUT2D eigenvalue weighted by atomic mass is 10.3. The Morgan fingerprint density at radius 3 is 2.36 bits per heavy atom. The number of rotatable bonds is 4. The van der Waals surface area contributed by atoms with E-state index in [-0.39, 0.29) is 0 Å². The van der Waals surface area contributed by atoms with E-state index < -0.39 is 8.03 Å². The predicted octanol–water partition coefficient (Wildman–Crippen LogP) is 1.72. The van der Waals surface area contributed by atoms with Crippen LogP contribution < -0.4 is 14.8 Å². The van der Waals surface area contributed by atoms with Gasteiger partial charge in [0.15, 0.2) is 5.75 Å². The first-order chi connectivity index (χ1) is 6.72. The Kier molecular flexibility index (Phi) is 3.86. The van der Waals surface area contributed by atoms with Gasteiger partial charge in [0.05, 0.1) is 21.3 Å². The lowest BCUT2D eigenvalue weighted by molar-refractivity contribution is 0.393. The van der Waals surface area contributed by atoms with Gasteiger partial charge in [-0.15, -0.1) is 4.52 Å². The van der Waals surface area contributed by atoms with Crippen LogP contribution in [-0.2, 0) is 9.09 Å². The van der Waals surface area contributed by atoms with Crippen LogP contribution in [0, 0.1) is 0 Å². The minimum absolute atomic E-state index is 0.507. The van der Waals surface area contributed by atoms with Crippen LogP contribution >= 0.6 is 8.03 Å². The summed E-state index contributed by atoms with van der Waals surface area (Å²) in [6, 6.07) is 5.05. The predicted molar refractivity (Wildman–Crippen MR) is 53.8 cm³/mol. The highest BCUT2D eigenvalue weighted by atomic mass is 31.1. The SMILES string of the molecule is COc1ccc([P+](=O)OC)c(OC)c1. The monoisotopic (exact) mass is 215 g/mol. The van der Waals surface area contributed by atoms with Crippen LogP contribution in [0.2, 0.25) is 0 Å². The fourth-order valence-electron chi connectivity index (χ4n) is 1.03. The molecule has 5 heteroatoms. The van der Waals surface area contributed by atoms with E-state index in [1.165, 1.54) is 14.2 Å². The zero-order chi connectivity index (χ0) is 10.6. The van der Waals surface area contributed by atoms with Gasteiger partial charge in [0.25, 0.3) is 5.30 Å². The van der Waals surface area contributed by atoms with Gasteiger partial charge in [-0.25, -0.2) is 0 Å². The molecule has 1 aromatic rings. The first-order valence-corrected chi connectivity index (χ1v) is 5.14. The molecule has 0 aromatic heterocycles. The minimum atomic E-state index is -1.85. The van der Waals surface area contributed by atoms with Gasteiger partial charge in [-0.1, -0.05) is 0 Å². The molecule has 1 unspecified atom stereocenters. The highest BCUT2D eigenvalue weighted by molar-refractivity contribution is 7.48. The van der Waals surface area contributed by atoms with E-state index in [1.54, 1.807) is 25.3 Å². The topological polar surface area (TPSA) is 44.8 Å². The number of benzene rings is 1. The second kappa shape index (κ2) is 4.94. The van der Waals surface area contributed by atoms with Crippen molar-refractivity contribution in [3.63, 3.8) is 0 Å². The van der Waals surface area contributed by atoms with Crippen molar-refractivity contribution in [1.82, 2.24) is 0 Å². The third-order valence-electron chi connectivity index (χ3n) is 1.75. The summed E-state index contributed by atoms with van der Waals surface area (Å²) in [6.07, 6.45) is 0. The molecule has 0 amide bonds. The van der Waals surface area contributed by atoms with Crippen LogP contribution in [0.4, 0.5) is 0 Å². The normalized spacial score (nSPS) is 10.9. The molecule has 0 aliphatic rings. The standard InChI is InChI=1S/C9H12O4P/c1-11-7-4-5-9(14(10)13-3)8(6-7)12-2/h4-6H,1-3H3/q+1. The van der Waals surface area contributed by atoms with Crippen LogP contribution in [0.25, 0.3) is 0 Å². The Morgan fingerprint density at radius 1 is 1.14 bits per heavy atom. The fraction of sp³-hybridized carbons (Fsp3) is 0.333. The van der Waals surface area contributed by atoms with Crippen molar-refractivity contribution in [2.45, 2.75) is 0 Å². The molecule has 0 saturated heterocycles. The van der Waals surface area contributed by atoms with Gasteiger partial charge in [-0.3, -0.25) is 0 Å². The van der Waals surface area contributed by atoms with Crippen LogP contribution in [0.5, 0.6) is 11.5 Å². The Bertz CT molecular complexity index is 338. The summed E-state index contributed by atoms with van der Waals surface area (Å²) >= 11 is 0. The highest BCUT2D eigenvalue weighted by Gasteiger charge is 2.25. The summed E-state index contributed by atoms with van der Waals surface area (Å²) in [5.41, 5.74) is 0. The summed E-state index contributed by atoms with van der Waals surface area (Å²) < 4.78 is 26.2. The minimum Gasteiger partial charge on any atom is -0.497 e. The molecule has 0 aliphatic carbocycles. The molecule has 1 atom stereocenters. The molecule has 0 radical (unpaired) electrons. The molecule has 14 heavy (non-hydrogen) atoms. The molecule has 0 spiro atoms. The van der Waals surface area contributed by atoms with E-state index >= 15 is 0 Å². The molecule has 0 N–H and O–H groups in total. The first-order valence-electron chi connectivity index (χ1n) is 3.96. The Balaban J connectivity index is 3.11. The van der Waals surface area contributed by atoms with E-state index in [0.29, 0.717) is 16.8 Å². The van der Waals surface area contributed by atoms with Crippen molar-refractivity contribution >= 4 is 13.3 Å². The molecule has 0 bridgehead atoms. The first kappa shape index (κ1) is 11.0. The number of ether oxygens (including phenoxy) is 2. The maximum Gasteiger partial charge on any atom is 0.552 e. The Hall–Kier alpha value is -1.12. The third-order valence-corrected chi connectivity index (χ3v) is 2.84.